The first-order valence-electron chi connectivity index (χ1n) is 5.92. The Labute approximate surface area is 124 Å². The van der Waals surface area contributed by atoms with Crippen LogP contribution in [0.25, 0.3) is 0 Å². The molecule has 0 radical (unpaired) electrons. The minimum Gasteiger partial charge on any atom is -0.314 e. The first kappa shape index (κ1) is 20.1. The standard InChI is InChI=1S/C11H23N3.3ClH/c1-10-9-11(3-6-13(10)2)14-7-4-12-5-8-14;;;/h10-12H,3-9H2,1-2H3;3*1H. The lowest BCUT2D eigenvalue weighted by Gasteiger charge is -2.42. The number of piperidine rings is 1. The lowest BCUT2D eigenvalue weighted by Crippen LogP contribution is -2.53. The summed E-state index contributed by atoms with van der Waals surface area (Å²) in [6, 6.07) is 1.62. The third-order valence-electron chi connectivity index (χ3n) is 3.85. The zero-order valence-electron chi connectivity index (χ0n) is 10.7. The molecule has 3 nitrogen and oxygen atoms in total. The number of hydrogen-bond donors (Lipinski definition) is 1. The second-order valence-electron chi connectivity index (χ2n) is 4.79. The molecule has 2 aliphatic rings. The largest absolute Gasteiger partial charge is 0.314 e. The van der Waals surface area contributed by atoms with Gasteiger partial charge in [0.2, 0.25) is 0 Å². The summed E-state index contributed by atoms with van der Waals surface area (Å²) in [5, 5.41) is 3.42. The molecule has 0 bridgehead atoms. The molecular weight excluding hydrogens is 281 g/mol. The summed E-state index contributed by atoms with van der Waals surface area (Å²) in [4.78, 5) is 5.17. The number of piperazine rings is 1. The third-order valence-corrected chi connectivity index (χ3v) is 3.85. The highest BCUT2D eigenvalue weighted by molar-refractivity contribution is 5.86. The molecule has 2 aliphatic heterocycles. The van der Waals surface area contributed by atoms with E-state index < -0.39 is 0 Å². The van der Waals surface area contributed by atoms with E-state index in [1.54, 1.807) is 0 Å². The fourth-order valence-corrected chi connectivity index (χ4v) is 2.64. The molecule has 17 heavy (non-hydrogen) atoms. The minimum absolute atomic E-state index is 0. The molecule has 0 aromatic carbocycles. The minimum atomic E-state index is 0. The smallest absolute Gasteiger partial charge is 0.0123 e. The van der Waals surface area contributed by atoms with Crippen molar-refractivity contribution in [1.29, 1.82) is 0 Å². The number of likely N-dealkylation sites (tertiary alicyclic amines) is 1. The molecule has 0 aromatic heterocycles. The summed E-state index contributed by atoms with van der Waals surface area (Å²) in [5.74, 6) is 0. The van der Waals surface area contributed by atoms with Crippen LogP contribution in [-0.4, -0.2) is 61.7 Å². The average molecular weight is 307 g/mol. The van der Waals surface area contributed by atoms with Crippen LogP contribution in [0.5, 0.6) is 0 Å². The molecule has 0 amide bonds. The predicted molar refractivity (Wildman–Crippen MR) is 81.3 cm³/mol. The summed E-state index contributed by atoms with van der Waals surface area (Å²) < 4.78 is 0. The van der Waals surface area contributed by atoms with Gasteiger partial charge >= 0.3 is 0 Å². The molecule has 2 fully saturated rings. The van der Waals surface area contributed by atoms with Gasteiger partial charge in [0.1, 0.15) is 0 Å². The first-order chi connectivity index (χ1) is 6.77. The van der Waals surface area contributed by atoms with Crippen LogP contribution < -0.4 is 5.32 Å². The first-order valence-corrected chi connectivity index (χ1v) is 5.92. The molecule has 2 rings (SSSR count). The van der Waals surface area contributed by atoms with Crippen molar-refractivity contribution >= 4 is 37.2 Å². The molecule has 2 unspecified atom stereocenters. The van der Waals surface area contributed by atoms with Gasteiger partial charge in [-0.1, -0.05) is 0 Å². The van der Waals surface area contributed by atoms with Crippen LogP contribution in [-0.2, 0) is 0 Å². The van der Waals surface area contributed by atoms with Crippen LogP contribution in [0.2, 0.25) is 0 Å². The van der Waals surface area contributed by atoms with Gasteiger partial charge in [0.05, 0.1) is 0 Å². The van der Waals surface area contributed by atoms with Gasteiger partial charge in [0.15, 0.2) is 0 Å². The monoisotopic (exact) mass is 305 g/mol. The second-order valence-corrected chi connectivity index (χ2v) is 4.79. The summed E-state index contributed by atoms with van der Waals surface area (Å²) in [5.41, 5.74) is 0. The van der Waals surface area contributed by atoms with E-state index in [2.05, 4.69) is 29.1 Å². The van der Waals surface area contributed by atoms with E-state index in [4.69, 9.17) is 0 Å². The van der Waals surface area contributed by atoms with Gasteiger partial charge in [-0.05, 0) is 33.4 Å². The van der Waals surface area contributed by atoms with Crippen LogP contribution in [0, 0.1) is 0 Å². The van der Waals surface area contributed by atoms with Crippen LogP contribution >= 0.6 is 37.2 Å². The molecule has 6 heteroatoms. The lowest BCUT2D eigenvalue weighted by molar-refractivity contribution is 0.0795. The van der Waals surface area contributed by atoms with E-state index in [-0.39, 0.29) is 37.2 Å². The lowest BCUT2D eigenvalue weighted by atomic mass is 9.97. The Morgan fingerprint density at radius 1 is 1.00 bits per heavy atom. The topological polar surface area (TPSA) is 18.5 Å². The van der Waals surface area contributed by atoms with E-state index in [0.29, 0.717) is 0 Å². The molecule has 0 aromatic rings. The summed E-state index contributed by atoms with van der Waals surface area (Å²) in [6.07, 6.45) is 2.72. The summed E-state index contributed by atoms with van der Waals surface area (Å²) >= 11 is 0. The normalized spacial score (nSPS) is 30.7. The Morgan fingerprint density at radius 2 is 1.59 bits per heavy atom. The van der Waals surface area contributed by atoms with Gasteiger partial charge in [-0.25, -0.2) is 0 Å². The number of halogens is 3. The van der Waals surface area contributed by atoms with Gasteiger partial charge in [0.25, 0.3) is 0 Å². The molecule has 2 heterocycles. The number of nitrogens with one attached hydrogen (secondary N) is 1. The van der Waals surface area contributed by atoms with Crippen molar-refractivity contribution < 1.29 is 0 Å². The Hall–Kier alpha value is 0.750. The van der Waals surface area contributed by atoms with Crippen molar-refractivity contribution in [3.63, 3.8) is 0 Å². The summed E-state index contributed by atoms with van der Waals surface area (Å²) in [7, 11) is 2.25. The van der Waals surface area contributed by atoms with Gasteiger partial charge in [0, 0.05) is 38.3 Å². The van der Waals surface area contributed by atoms with Gasteiger partial charge in [-0.2, -0.15) is 0 Å². The Morgan fingerprint density at radius 3 is 2.12 bits per heavy atom. The van der Waals surface area contributed by atoms with Crippen molar-refractivity contribution in [2.24, 2.45) is 0 Å². The highest BCUT2D eigenvalue weighted by Gasteiger charge is 2.27. The number of nitrogens with zero attached hydrogens (tertiary/aromatic N) is 2. The van der Waals surface area contributed by atoms with Crippen molar-refractivity contribution in [2.75, 3.05) is 39.8 Å². The van der Waals surface area contributed by atoms with E-state index in [1.807, 2.05) is 0 Å². The van der Waals surface area contributed by atoms with E-state index in [0.717, 1.165) is 12.1 Å². The quantitative estimate of drug-likeness (QED) is 0.794. The Kier molecular flexibility index (Phi) is 11.4. The SMILES string of the molecule is CC1CC(N2CCNCC2)CCN1C.Cl.Cl.Cl. The van der Waals surface area contributed by atoms with E-state index in [9.17, 15) is 0 Å². The van der Waals surface area contributed by atoms with Gasteiger partial charge in [-0.15, -0.1) is 37.2 Å². The molecule has 2 saturated heterocycles. The molecule has 106 valence electrons. The van der Waals surface area contributed by atoms with Crippen molar-refractivity contribution in [1.82, 2.24) is 15.1 Å². The highest BCUT2D eigenvalue weighted by Crippen LogP contribution is 2.20. The highest BCUT2D eigenvalue weighted by atomic mass is 35.5. The van der Waals surface area contributed by atoms with E-state index >= 15 is 0 Å². The zero-order chi connectivity index (χ0) is 9.97. The van der Waals surface area contributed by atoms with Crippen LogP contribution in [0.15, 0.2) is 0 Å². The van der Waals surface area contributed by atoms with Gasteiger partial charge in [-0.3, -0.25) is 4.90 Å². The van der Waals surface area contributed by atoms with Crippen molar-refractivity contribution in [3.8, 4) is 0 Å². The van der Waals surface area contributed by atoms with Crippen LogP contribution in [0.1, 0.15) is 19.8 Å². The Balaban J connectivity index is 0. The second kappa shape index (κ2) is 9.65. The maximum absolute atomic E-state index is 3.42. The van der Waals surface area contributed by atoms with Crippen LogP contribution in [0.3, 0.4) is 0 Å². The molecule has 2 atom stereocenters. The fraction of sp³-hybridized carbons (Fsp3) is 1.00. The maximum atomic E-state index is 3.42. The Bertz CT molecular complexity index is 189. The third kappa shape index (κ3) is 5.50. The summed E-state index contributed by atoms with van der Waals surface area (Å²) in [6.45, 7) is 8.49. The molecule has 1 N–H and O–H groups in total. The van der Waals surface area contributed by atoms with Crippen molar-refractivity contribution in [3.05, 3.63) is 0 Å². The molecule has 0 spiro atoms. The number of hydrogen-bond acceptors (Lipinski definition) is 3. The molecular formula is C11H26Cl3N3. The fourth-order valence-electron chi connectivity index (χ4n) is 2.64. The number of rotatable bonds is 1. The molecule has 0 aliphatic carbocycles. The average Bonchev–Trinajstić information content (AvgIpc) is 2.23. The zero-order valence-corrected chi connectivity index (χ0v) is 13.2. The van der Waals surface area contributed by atoms with E-state index in [1.165, 1.54) is 45.6 Å². The predicted octanol–water partition coefficient (Wildman–Crippen LogP) is 1.64. The van der Waals surface area contributed by atoms with Gasteiger partial charge < -0.3 is 10.2 Å². The maximum Gasteiger partial charge on any atom is 0.0123 e. The van der Waals surface area contributed by atoms with Crippen LogP contribution in [0.4, 0.5) is 0 Å². The molecule has 0 saturated carbocycles. The van der Waals surface area contributed by atoms with Crippen molar-refractivity contribution in [2.45, 2.75) is 31.8 Å².